The van der Waals surface area contributed by atoms with Gasteiger partial charge in [0, 0.05) is 62.0 Å². The Morgan fingerprint density at radius 3 is 1.44 bits per heavy atom. The van der Waals surface area contributed by atoms with Crippen molar-refractivity contribution in [2.24, 2.45) is 0 Å². The lowest BCUT2D eigenvalue weighted by Gasteiger charge is -2.45. The Hall–Kier alpha value is -8.28. The van der Waals surface area contributed by atoms with Gasteiger partial charge in [0.05, 0.1) is 16.7 Å². The third kappa shape index (κ3) is 5.43. The minimum absolute atomic E-state index is 0.0785. The molecule has 0 bridgehead atoms. The zero-order valence-corrected chi connectivity index (χ0v) is 34.4. The predicted molar refractivity (Wildman–Crippen MR) is 267 cm³/mol. The van der Waals surface area contributed by atoms with Gasteiger partial charge in [-0.05, 0) is 118 Å². The van der Waals surface area contributed by atoms with Crippen molar-refractivity contribution in [3.8, 4) is 5.69 Å². The van der Waals surface area contributed by atoms with Crippen molar-refractivity contribution >= 4 is 107 Å². The first-order chi connectivity index (χ1) is 31.3. The van der Waals surface area contributed by atoms with Gasteiger partial charge in [-0.15, -0.1) is 0 Å². The summed E-state index contributed by atoms with van der Waals surface area (Å²) in [5, 5.41) is 4.99. The van der Waals surface area contributed by atoms with E-state index in [1.165, 1.54) is 60.3 Å². The first-order valence-corrected chi connectivity index (χ1v) is 21.7. The van der Waals surface area contributed by atoms with Gasteiger partial charge in [0.1, 0.15) is 0 Å². The molecule has 0 spiro atoms. The van der Waals surface area contributed by atoms with E-state index >= 15 is 0 Å². The molecule has 4 nitrogen and oxygen atoms in total. The summed E-state index contributed by atoms with van der Waals surface area (Å²) >= 11 is 0. The van der Waals surface area contributed by atoms with Gasteiger partial charge in [0.15, 0.2) is 0 Å². The molecule has 0 saturated heterocycles. The van der Waals surface area contributed by atoms with Gasteiger partial charge in [-0.2, -0.15) is 0 Å². The number of nitrogens with zero attached hydrogens (tertiary/aromatic N) is 4. The zero-order chi connectivity index (χ0) is 41.4. The van der Waals surface area contributed by atoms with E-state index < -0.39 is 0 Å². The second-order valence-electron chi connectivity index (χ2n) is 16.5. The summed E-state index contributed by atoms with van der Waals surface area (Å²) in [4.78, 5) is 7.46. The molecule has 0 saturated carbocycles. The molecular weight excluding hydrogens is 763 g/mol. The molecule has 0 fully saturated rings. The fraction of sp³-hybridized carbons (Fsp3) is 0. The van der Waals surface area contributed by atoms with Gasteiger partial charge >= 0.3 is 0 Å². The van der Waals surface area contributed by atoms with Crippen molar-refractivity contribution < 1.29 is 0 Å². The summed E-state index contributed by atoms with van der Waals surface area (Å²) < 4.78 is 2.44. The van der Waals surface area contributed by atoms with Crippen LogP contribution in [0.25, 0.3) is 38.3 Å². The van der Waals surface area contributed by atoms with Crippen LogP contribution >= 0.6 is 0 Å². The van der Waals surface area contributed by atoms with Gasteiger partial charge in [0.2, 0.25) is 0 Å². The summed E-state index contributed by atoms with van der Waals surface area (Å²) in [5.74, 6) is 0. The van der Waals surface area contributed by atoms with Crippen molar-refractivity contribution in [1.82, 2.24) is 4.57 Å². The average Bonchev–Trinajstić information content (AvgIpc) is 3.68. The maximum Gasteiger partial charge on any atom is 0.252 e. The van der Waals surface area contributed by atoms with E-state index in [-0.39, 0.29) is 6.71 Å². The smallest absolute Gasteiger partial charge is 0.252 e. The fourth-order valence-corrected chi connectivity index (χ4v) is 10.5. The highest BCUT2D eigenvalue weighted by Crippen LogP contribution is 2.49. The predicted octanol–water partition coefficient (Wildman–Crippen LogP) is 13.5. The molecule has 1 aromatic heterocycles. The minimum atomic E-state index is -0.0785. The summed E-state index contributed by atoms with van der Waals surface area (Å²) in [6, 6.07) is 86.6. The fourth-order valence-electron chi connectivity index (χ4n) is 10.5. The molecular formula is C58H39BN4. The van der Waals surface area contributed by atoms with Crippen LogP contribution in [0.3, 0.4) is 0 Å². The molecule has 11 aromatic rings. The van der Waals surface area contributed by atoms with Crippen molar-refractivity contribution in [1.29, 1.82) is 0 Å². The Bertz CT molecular complexity index is 3480. The lowest BCUT2D eigenvalue weighted by Crippen LogP contribution is -2.61. The van der Waals surface area contributed by atoms with Gasteiger partial charge in [0.25, 0.3) is 6.71 Å². The molecule has 3 heterocycles. The van der Waals surface area contributed by atoms with Crippen LogP contribution in [0.5, 0.6) is 0 Å². The third-order valence-corrected chi connectivity index (χ3v) is 13.1. The van der Waals surface area contributed by atoms with Gasteiger partial charge in [-0.1, -0.05) is 146 Å². The van der Waals surface area contributed by atoms with E-state index in [2.05, 4.69) is 256 Å². The number of rotatable bonds is 6. The molecule has 2 aliphatic heterocycles. The number of benzene rings is 10. The highest BCUT2D eigenvalue weighted by Gasteiger charge is 2.45. The van der Waals surface area contributed by atoms with Crippen molar-refractivity contribution in [3.63, 3.8) is 0 Å². The topological polar surface area (TPSA) is 14.7 Å². The van der Waals surface area contributed by atoms with Gasteiger partial charge in [-0.3, -0.25) is 0 Å². The van der Waals surface area contributed by atoms with Crippen LogP contribution < -0.4 is 31.1 Å². The Kier molecular flexibility index (Phi) is 7.97. The van der Waals surface area contributed by atoms with Crippen LogP contribution in [-0.2, 0) is 0 Å². The summed E-state index contributed by atoms with van der Waals surface area (Å²) in [5.41, 5.74) is 17.6. The van der Waals surface area contributed by atoms with E-state index in [0.717, 1.165) is 45.5 Å². The molecule has 0 unspecified atom stereocenters. The standard InChI is InChI=1S/C58H39BN4/c1-6-21-41(22-7-1)60(42-23-8-2-9-24-42)46-36-55-58-56(37-46)63(45-29-14-5-15-30-45)54-39-53-49(48-32-18-19-33-51(48)61(53)43-25-10-3-11-26-43)38-50(54)59(58)57-47-31-17-16-20-40(47)34-35-52(57)62(55)44-27-12-4-13-28-44/h1-39H. The zero-order valence-electron chi connectivity index (χ0n) is 34.4. The van der Waals surface area contributed by atoms with Crippen molar-refractivity contribution in [2.45, 2.75) is 0 Å². The SMILES string of the molecule is c1ccc(N(c2ccccc2)c2cc3c4c(c2)N(c2ccccc2)c2ccc5ccccc5c2B4c2cc4c5ccccc5n(-c5ccccc5)c4cc2N3c2ccccc2)cc1. The highest BCUT2D eigenvalue weighted by atomic mass is 15.2. The molecule has 0 N–H and O–H groups in total. The highest BCUT2D eigenvalue weighted by molar-refractivity contribution is 7.01. The maximum atomic E-state index is 2.54. The molecule has 10 aromatic carbocycles. The Balaban J connectivity index is 1.21. The second kappa shape index (κ2) is 14.2. The Morgan fingerprint density at radius 1 is 0.317 bits per heavy atom. The number of para-hydroxylation sites is 6. The molecule has 0 amide bonds. The monoisotopic (exact) mass is 802 g/mol. The van der Waals surface area contributed by atoms with Gasteiger partial charge < -0.3 is 19.3 Å². The van der Waals surface area contributed by atoms with Crippen LogP contribution in [0.15, 0.2) is 237 Å². The normalized spacial score (nSPS) is 12.7. The average molecular weight is 803 g/mol. The molecule has 2 aliphatic rings. The molecule has 63 heavy (non-hydrogen) atoms. The second-order valence-corrected chi connectivity index (χ2v) is 16.5. The van der Waals surface area contributed by atoms with Gasteiger partial charge in [-0.25, -0.2) is 0 Å². The van der Waals surface area contributed by atoms with Crippen LogP contribution in [0.2, 0.25) is 0 Å². The van der Waals surface area contributed by atoms with E-state index in [0.29, 0.717) is 0 Å². The lowest BCUT2D eigenvalue weighted by molar-refractivity contribution is 1.18. The number of hydrogen-bond donors (Lipinski definition) is 0. The number of hydrogen-bond acceptors (Lipinski definition) is 3. The van der Waals surface area contributed by atoms with Crippen molar-refractivity contribution in [2.75, 3.05) is 14.7 Å². The number of anilines is 9. The first kappa shape index (κ1) is 35.5. The van der Waals surface area contributed by atoms with E-state index in [1.54, 1.807) is 0 Å². The lowest BCUT2D eigenvalue weighted by atomic mass is 9.33. The van der Waals surface area contributed by atoms with Crippen LogP contribution in [0.1, 0.15) is 0 Å². The maximum absolute atomic E-state index is 2.54. The third-order valence-electron chi connectivity index (χ3n) is 13.1. The van der Waals surface area contributed by atoms with E-state index in [1.807, 2.05) is 0 Å². The quantitative estimate of drug-likeness (QED) is 0.156. The first-order valence-electron chi connectivity index (χ1n) is 21.7. The molecule has 0 radical (unpaired) electrons. The molecule has 0 atom stereocenters. The Morgan fingerprint density at radius 2 is 0.825 bits per heavy atom. The van der Waals surface area contributed by atoms with Crippen molar-refractivity contribution in [3.05, 3.63) is 237 Å². The number of aromatic nitrogens is 1. The largest absolute Gasteiger partial charge is 0.311 e. The molecule has 0 aliphatic carbocycles. The van der Waals surface area contributed by atoms with Crippen LogP contribution in [0.4, 0.5) is 51.2 Å². The minimum Gasteiger partial charge on any atom is -0.311 e. The molecule has 13 rings (SSSR count). The summed E-state index contributed by atoms with van der Waals surface area (Å²) in [7, 11) is 0. The van der Waals surface area contributed by atoms with Crippen LogP contribution in [0, 0.1) is 0 Å². The Labute approximate surface area is 366 Å². The molecule has 294 valence electrons. The number of fused-ring (bicyclic) bond motifs is 9. The van der Waals surface area contributed by atoms with Crippen LogP contribution in [-0.4, -0.2) is 11.3 Å². The van der Waals surface area contributed by atoms with E-state index in [4.69, 9.17) is 0 Å². The summed E-state index contributed by atoms with van der Waals surface area (Å²) in [6.45, 7) is -0.0785. The van der Waals surface area contributed by atoms with E-state index in [9.17, 15) is 0 Å². The molecule has 5 heteroatoms. The summed E-state index contributed by atoms with van der Waals surface area (Å²) in [6.07, 6.45) is 0.